The third kappa shape index (κ3) is 8.99. The van der Waals surface area contributed by atoms with Gasteiger partial charge in [-0.05, 0) is 65.6 Å². The Morgan fingerprint density at radius 3 is 2.18 bits per heavy atom. The molecule has 8 nitrogen and oxygen atoms in total. The van der Waals surface area contributed by atoms with E-state index >= 15 is 0 Å². The van der Waals surface area contributed by atoms with Gasteiger partial charge in [-0.3, -0.25) is 10.0 Å². The topological polar surface area (TPSA) is 105 Å². The van der Waals surface area contributed by atoms with Crippen molar-refractivity contribution in [2.24, 2.45) is 5.92 Å². The third-order valence-corrected chi connectivity index (χ3v) is 8.90. The van der Waals surface area contributed by atoms with E-state index in [0.717, 1.165) is 16.9 Å². The molecule has 0 bridgehead atoms. The molecule has 0 aliphatic heterocycles. The van der Waals surface area contributed by atoms with E-state index in [-0.39, 0.29) is 23.8 Å². The molecule has 2 N–H and O–H groups in total. The van der Waals surface area contributed by atoms with Crippen molar-refractivity contribution in [1.29, 1.82) is 0 Å². The summed E-state index contributed by atoms with van der Waals surface area (Å²) in [6, 6.07) is 22.8. The molecule has 0 unspecified atom stereocenters. The number of hydroxylamine groups is 1. The zero-order chi connectivity index (χ0) is 28.3. The molecule has 0 fully saturated rings. The number of methoxy groups -OCH3 is 1. The van der Waals surface area contributed by atoms with Gasteiger partial charge in [0.05, 0.1) is 12.0 Å². The lowest BCUT2D eigenvalue weighted by molar-refractivity contribution is -0.133. The summed E-state index contributed by atoms with van der Waals surface area (Å²) in [5, 5.41) is 9.41. The van der Waals surface area contributed by atoms with E-state index < -0.39 is 22.0 Å². The molecule has 210 valence electrons. The lowest BCUT2D eigenvalue weighted by Crippen LogP contribution is -2.50. The highest BCUT2D eigenvalue weighted by Gasteiger charge is 2.36. The number of carbonyl (C=O) groups is 1. The molecule has 0 radical (unpaired) electrons. The molecule has 10 heteroatoms. The number of nitrogens with one attached hydrogen (secondary N) is 1. The molecule has 39 heavy (non-hydrogen) atoms. The number of benzene rings is 3. The highest BCUT2D eigenvalue weighted by atomic mass is 32.2. The molecule has 0 heterocycles. The van der Waals surface area contributed by atoms with Gasteiger partial charge < -0.3 is 9.47 Å². The zero-order valence-electron chi connectivity index (χ0n) is 22.4. The third-order valence-electron chi connectivity index (χ3n) is 5.95. The smallest absolute Gasteiger partial charge is 0.261 e. The Balaban J connectivity index is 1.62. The normalized spacial score (nSPS) is 12.4. The van der Waals surface area contributed by atoms with Crippen molar-refractivity contribution < 1.29 is 27.9 Å². The highest BCUT2D eigenvalue weighted by molar-refractivity contribution is 7.98. The van der Waals surface area contributed by atoms with Crippen molar-refractivity contribution in [3.63, 3.8) is 0 Å². The first kappa shape index (κ1) is 30.5. The molecule has 0 aliphatic rings. The molecule has 1 amide bonds. The monoisotopic (exact) mass is 572 g/mol. The van der Waals surface area contributed by atoms with Crippen LogP contribution in [-0.4, -0.2) is 49.3 Å². The van der Waals surface area contributed by atoms with E-state index in [2.05, 4.69) is 0 Å². The van der Waals surface area contributed by atoms with E-state index in [1.807, 2.05) is 68.4 Å². The Morgan fingerprint density at radius 1 is 0.949 bits per heavy atom. The summed E-state index contributed by atoms with van der Waals surface area (Å²) in [6.45, 7) is 4.38. The number of nitrogens with zero attached hydrogens (tertiary/aromatic N) is 1. The minimum Gasteiger partial charge on any atom is -0.497 e. The average molecular weight is 573 g/mol. The predicted molar refractivity (Wildman–Crippen MR) is 153 cm³/mol. The lowest BCUT2D eigenvalue weighted by Gasteiger charge is -2.30. The number of ether oxygens (including phenoxy) is 2. The number of hydrogen-bond donors (Lipinski definition) is 2. The quantitative estimate of drug-likeness (QED) is 0.148. The summed E-state index contributed by atoms with van der Waals surface area (Å²) >= 11 is 1.59. The SMILES string of the molecule is COc1ccc(S(=O)(=O)N(CC(C)C)[C@@H](CCSCc2ccc(OCc3ccccc3)cc2)C(=O)NO)cc1. The summed E-state index contributed by atoms with van der Waals surface area (Å²) < 4.78 is 39.3. The van der Waals surface area contributed by atoms with Crippen molar-refractivity contribution in [3.05, 3.63) is 90.0 Å². The fourth-order valence-corrected chi connectivity index (χ4v) is 6.67. The first-order valence-electron chi connectivity index (χ1n) is 12.7. The summed E-state index contributed by atoms with van der Waals surface area (Å²) in [5.41, 5.74) is 3.84. The molecule has 1 atom stereocenters. The Hall–Kier alpha value is -3.05. The van der Waals surface area contributed by atoms with Crippen LogP contribution in [0.25, 0.3) is 0 Å². The maximum Gasteiger partial charge on any atom is 0.261 e. The number of hydrogen-bond acceptors (Lipinski definition) is 7. The van der Waals surface area contributed by atoms with Crippen LogP contribution in [0, 0.1) is 5.92 Å². The number of amides is 1. The van der Waals surface area contributed by atoms with Gasteiger partial charge in [0, 0.05) is 12.3 Å². The maximum absolute atomic E-state index is 13.6. The van der Waals surface area contributed by atoms with E-state index in [4.69, 9.17) is 9.47 Å². The molecule has 3 rings (SSSR count). The van der Waals surface area contributed by atoms with Crippen LogP contribution in [0.4, 0.5) is 0 Å². The first-order valence-corrected chi connectivity index (χ1v) is 15.3. The highest BCUT2D eigenvalue weighted by Crippen LogP contribution is 2.25. The second-order valence-electron chi connectivity index (χ2n) is 9.40. The van der Waals surface area contributed by atoms with Gasteiger partial charge in [0.15, 0.2) is 0 Å². The maximum atomic E-state index is 13.6. The number of carbonyl (C=O) groups excluding carboxylic acids is 1. The molecule has 0 aliphatic carbocycles. The second-order valence-corrected chi connectivity index (χ2v) is 12.4. The Labute approximate surface area is 235 Å². The van der Waals surface area contributed by atoms with Gasteiger partial charge in [-0.25, -0.2) is 13.9 Å². The van der Waals surface area contributed by atoms with Crippen molar-refractivity contribution in [2.75, 3.05) is 19.4 Å². The minimum atomic E-state index is -4.01. The van der Waals surface area contributed by atoms with Crippen LogP contribution >= 0.6 is 11.8 Å². The van der Waals surface area contributed by atoms with Crippen LogP contribution in [0.15, 0.2) is 83.8 Å². The average Bonchev–Trinajstić information content (AvgIpc) is 2.95. The number of rotatable bonds is 15. The molecule has 0 saturated heterocycles. The fraction of sp³-hybridized carbons (Fsp3) is 0.345. The molecule has 3 aromatic carbocycles. The molecular weight excluding hydrogens is 536 g/mol. The van der Waals surface area contributed by atoms with Crippen molar-refractivity contribution in [2.45, 2.75) is 43.6 Å². The summed E-state index contributed by atoms with van der Waals surface area (Å²) in [6.07, 6.45) is 0.234. The number of sulfonamides is 1. The lowest BCUT2D eigenvalue weighted by atomic mass is 10.1. The summed E-state index contributed by atoms with van der Waals surface area (Å²) in [5.74, 6) is 1.70. The zero-order valence-corrected chi connectivity index (χ0v) is 24.1. The van der Waals surface area contributed by atoms with E-state index in [1.54, 1.807) is 29.4 Å². The minimum absolute atomic E-state index is 0.0395. The van der Waals surface area contributed by atoms with Crippen LogP contribution in [-0.2, 0) is 27.2 Å². The van der Waals surface area contributed by atoms with Crippen molar-refractivity contribution >= 4 is 27.7 Å². The summed E-state index contributed by atoms with van der Waals surface area (Å²) in [7, 11) is -2.51. The summed E-state index contributed by atoms with van der Waals surface area (Å²) in [4.78, 5) is 12.7. The Bertz CT molecular complexity index is 1270. The van der Waals surface area contributed by atoms with Gasteiger partial charge in [-0.15, -0.1) is 0 Å². The van der Waals surface area contributed by atoms with Gasteiger partial charge in [-0.2, -0.15) is 16.1 Å². The fourth-order valence-electron chi connectivity index (χ4n) is 3.92. The van der Waals surface area contributed by atoms with Crippen LogP contribution in [0.3, 0.4) is 0 Å². The van der Waals surface area contributed by atoms with E-state index in [9.17, 15) is 18.4 Å². The predicted octanol–water partition coefficient (Wildman–Crippen LogP) is 5.12. The standard InChI is InChI=1S/C29H36N2O6S2/c1-22(2)19-31(39(34,35)27-15-13-25(36-3)14-16-27)28(29(32)30-33)17-18-38-21-24-9-11-26(12-10-24)37-20-23-7-5-4-6-8-23/h4-16,22,28,33H,17-21H2,1-3H3,(H,30,32)/t28-/m0/s1. The van der Waals surface area contributed by atoms with Crippen LogP contribution in [0.2, 0.25) is 0 Å². The molecular formula is C29H36N2O6S2. The van der Waals surface area contributed by atoms with Gasteiger partial charge in [0.25, 0.3) is 5.91 Å². The van der Waals surface area contributed by atoms with Gasteiger partial charge in [-0.1, -0.05) is 56.3 Å². The van der Waals surface area contributed by atoms with Gasteiger partial charge in [0.1, 0.15) is 24.1 Å². The van der Waals surface area contributed by atoms with Gasteiger partial charge in [0.2, 0.25) is 10.0 Å². The molecule has 3 aromatic rings. The van der Waals surface area contributed by atoms with Crippen molar-refractivity contribution in [3.8, 4) is 11.5 Å². The molecule has 0 aromatic heterocycles. The van der Waals surface area contributed by atoms with Crippen LogP contribution in [0.5, 0.6) is 11.5 Å². The van der Waals surface area contributed by atoms with E-state index in [0.29, 0.717) is 23.9 Å². The number of thioether (sulfide) groups is 1. The second kappa shape index (κ2) is 14.9. The Morgan fingerprint density at radius 2 is 1.59 bits per heavy atom. The van der Waals surface area contributed by atoms with E-state index in [1.165, 1.54) is 23.5 Å². The van der Waals surface area contributed by atoms with Crippen LogP contribution < -0.4 is 15.0 Å². The largest absolute Gasteiger partial charge is 0.497 e. The van der Waals surface area contributed by atoms with Gasteiger partial charge >= 0.3 is 0 Å². The molecule has 0 saturated carbocycles. The van der Waals surface area contributed by atoms with Crippen LogP contribution in [0.1, 0.15) is 31.4 Å². The Kier molecular flexibility index (Phi) is 11.7. The molecule has 0 spiro atoms. The van der Waals surface area contributed by atoms with Crippen molar-refractivity contribution in [1.82, 2.24) is 9.79 Å². The first-order chi connectivity index (χ1) is 18.7.